The molecule has 0 bridgehead atoms. The second kappa shape index (κ2) is 7.43. The molecule has 0 unspecified atom stereocenters. The van der Waals surface area contributed by atoms with Gasteiger partial charge in [-0.05, 0) is 43.5 Å². The van der Waals surface area contributed by atoms with Crippen LogP contribution in [0.1, 0.15) is 18.4 Å². The van der Waals surface area contributed by atoms with Gasteiger partial charge in [0.25, 0.3) is 0 Å². The number of benzene rings is 1. The van der Waals surface area contributed by atoms with Crippen LogP contribution in [0.3, 0.4) is 0 Å². The highest BCUT2D eigenvalue weighted by molar-refractivity contribution is 7.89. The van der Waals surface area contributed by atoms with E-state index in [9.17, 15) is 8.42 Å². The molecule has 0 atom stereocenters. The molecule has 19 heavy (non-hydrogen) atoms. The minimum absolute atomic E-state index is 0.328. The number of unbranched alkanes of at least 4 members (excludes halogenated alkanes) is 1. The van der Waals surface area contributed by atoms with Crippen molar-refractivity contribution in [1.29, 1.82) is 0 Å². The van der Waals surface area contributed by atoms with Crippen molar-refractivity contribution >= 4 is 10.0 Å². The van der Waals surface area contributed by atoms with Gasteiger partial charge in [-0.3, -0.25) is 0 Å². The quantitative estimate of drug-likeness (QED) is 0.584. The molecule has 1 aromatic rings. The second-order valence-electron chi connectivity index (χ2n) is 4.44. The van der Waals surface area contributed by atoms with Crippen molar-refractivity contribution in [2.45, 2.75) is 24.2 Å². The number of sulfonamides is 1. The van der Waals surface area contributed by atoms with Gasteiger partial charge in [-0.25, -0.2) is 12.7 Å². The Bertz CT molecular complexity index is 495. The molecule has 106 valence electrons. The van der Waals surface area contributed by atoms with E-state index in [4.69, 9.17) is 5.73 Å². The average molecular weight is 282 g/mol. The smallest absolute Gasteiger partial charge is 0.242 e. The average Bonchev–Trinajstić information content (AvgIpc) is 2.40. The highest BCUT2D eigenvalue weighted by Crippen LogP contribution is 2.16. The summed E-state index contributed by atoms with van der Waals surface area (Å²) >= 11 is 0. The van der Waals surface area contributed by atoms with Crippen LogP contribution in [0, 0.1) is 0 Å². The Hall–Kier alpha value is -1.17. The molecule has 0 aromatic heterocycles. The van der Waals surface area contributed by atoms with E-state index < -0.39 is 10.0 Å². The maximum absolute atomic E-state index is 12.3. The molecule has 5 heteroatoms. The van der Waals surface area contributed by atoms with Gasteiger partial charge in [-0.15, -0.1) is 6.58 Å². The molecular weight excluding hydrogens is 260 g/mol. The summed E-state index contributed by atoms with van der Waals surface area (Å²) in [6.45, 7) is 4.69. The summed E-state index contributed by atoms with van der Waals surface area (Å²) in [5, 5.41) is 0. The predicted octanol–water partition coefficient (Wildman–Crippen LogP) is 1.77. The van der Waals surface area contributed by atoms with Crippen molar-refractivity contribution in [3.05, 3.63) is 42.5 Å². The number of nitrogens with two attached hydrogens (primary N) is 1. The first-order valence-electron chi connectivity index (χ1n) is 6.38. The van der Waals surface area contributed by atoms with Crippen LogP contribution in [-0.4, -0.2) is 32.9 Å². The first-order valence-corrected chi connectivity index (χ1v) is 7.82. The van der Waals surface area contributed by atoms with Crippen molar-refractivity contribution in [3.8, 4) is 0 Å². The Morgan fingerprint density at radius 1 is 1.32 bits per heavy atom. The Morgan fingerprint density at radius 3 is 2.47 bits per heavy atom. The molecule has 2 N–H and O–H groups in total. The lowest BCUT2D eigenvalue weighted by Gasteiger charge is -2.17. The number of hydrogen-bond donors (Lipinski definition) is 1. The van der Waals surface area contributed by atoms with Gasteiger partial charge in [0.2, 0.25) is 10.0 Å². The van der Waals surface area contributed by atoms with Crippen LogP contribution in [0.15, 0.2) is 41.8 Å². The van der Waals surface area contributed by atoms with Gasteiger partial charge in [0.1, 0.15) is 0 Å². The fourth-order valence-electron chi connectivity index (χ4n) is 1.75. The maximum Gasteiger partial charge on any atom is 0.242 e. The van der Waals surface area contributed by atoms with Crippen LogP contribution in [0.2, 0.25) is 0 Å². The van der Waals surface area contributed by atoms with E-state index >= 15 is 0 Å². The van der Waals surface area contributed by atoms with Gasteiger partial charge in [-0.1, -0.05) is 18.2 Å². The van der Waals surface area contributed by atoms with Crippen molar-refractivity contribution in [2.75, 3.05) is 20.1 Å². The predicted molar refractivity (Wildman–Crippen MR) is 78.4 cm³/mol. The highest BCUT2D eigenvalue weighted by atomic mass is 32.2. The monoisotopic (exact) mass is 282 g/mol. The summed E-state index contributed by atoms with van der Waals surface area (Å²) < 4.78 is 25.9. The summed E-state index contributed by atoms with van der Waals surface area (Å²) in [7, 11) is -1.78. The van der Waals surface area contributed by atoms with Crippen LogP contribution in [0.4, 0.5) is 0 Å². The normalized spacial score (nSPS) is 11.7. The maximum atomic E-state index is 12.3. The van der Waals surface area contributed by atoms with Gasteiger partial charge in [0, 0.05) is 13.6 Å². The lowest BCUT2D eigenvalue weighted by Crippen LogP contribution is -2.27. The Labute approximate surface area is 116 Å². The SMILES string of the molecule is C=CCCCN(C)S(=O)(=O)c1ccc(CCN)cc1. The Balaban J connectivity index is 2.78. The van der Waals surface area contributed by atoms with Crippen LogP contribution in [0.5, 0.6) is 0 Å². The zero-order valence-corrected chi connectivity index (χ0v) is 12.2. The van der Waals surface area contributed by atoms with Gasteiger partial charge in [-0.2, -0.15) is 0 Å². The van der Waals surface area contributed by atoms with Crippen LogP contribution < -0.4 is 5.73 Å². The Morgan fingerprint density at radius 2 is 1.95 bits per heavy atom. The van der Waals surface area contributed by atoms with Crippen molar-refractivity contribution < 1.29 is 8.42 Å². The highest BCUT2D eigenvalue weighted by Gasteiger charge is 2.19. The van der Waals surface area contributed by atoms with Crippen LogP contribution >= 0.6 is 0 Å². The molecule has 1 aromatic carbocycles. The van der Waals surface area contributed by atoms with E-state index in [-0.39, 0.29) is 0 Å². The van der Waals surface area contributed by atoms with Crippen molar-refractivity contribution in [2.24, 2.45) is 5.73 Å². The van der Waals surface area contributed by atoms with E-state index in [1.165, 1.54) is 4.31 Å². The van der Waals surface area contributed by atoms with Crippen LogP contribution in [-0.2, 0) is 16.4 Å². The molecule has 0 spiro atoms. The van der Waals surface area contributed by atoms with E-state index in [1.807, 2.05) is 12.1 Å². The van der Waals surface area contributed by atoms with E-state index in [0.29, 0.717) is 18.0 Å². The summed E-state index contributed by atoms with van der Waals surface area (Å²) in [6, 6.07) is 6.92. The van der Waals surface area contributed by atoms with E-state index in [2.05, 4.69) is 6.58 Å². The van der Waals surface area contributed by atoms with Gasteiger partial charge >= 0.3 is 0 Å². The molecule has 4 nitrogen and oxygen atoms in total. The third-order valence-electron chi connectivity index (χ3n) is 2.95. The van der Waals surface area contributed by atoms with Gasteiger partial charge in [0.05, 0.1) is 4.90 Å². The van der Waals surface area contributed by atoms with Crippen molar-refractivity contribution in [3.63, 3.8) is 0 Å². The Kier molecular flexibility index (Phi) is 6.21. The molecule has 0 radical (unpaired) electrons. The first-order chi connectivity index (χ1) is 9.02. The molecule has 0 aliphatic rings. The minimum atomic E-state index is -3.38. The zero-order valence-electron chi connectivity index (χ0n) is 11.4. The first kappa shape index (κ1) is 15.9. The van der Waals surface area contributed by atoms with Crippen molar-refractivity contribution in [1.82, 2.24) is 4.31 Å². The second-order valence-corrected chi connectivity index (χ2v) is 6.48. The number of rotatable bonds is 8. The topological polar surface area (TPSA) is 63.4 Å². The van der Waals surface area contributed by atoms with Gasteiger partial charge < -0.3 is 5.73 Å². The molecule has 0 aliphatic carbocycles. The number of nitrogens with zero attached hydrogens (tertiary/aromatic N) is 1. The number of hydrogen-bond acceptors (Lipinski definition) is 3. The third-order valence-corrected chi connectivity index (χ3v) is 4.82. The molecular formula is C14H22N2O2S. The van der Waals surface area contributed by atoms with Gasteiger partial charge in [0.15, 0.2) is 0 Å². The molecule has 0 fully saturated rings. The minimum Gasteiger partial charge on any atom is -0.330 e. The summed E-state index contributed by atoms with van der Waals surface area (Å²) in [6.07, 6.45) is 4.15. The summed E-state index contributed by atoms with van der Waals surface area (Å²) in [4.78, 5) is 0.328. The molecule has 1 rings (SSSR count). The lowest BCUT2D eigenvalue weighted by molar-refractivity contribution is 0.463. The summed E-state index contributed by atoms with van der Waals surface area (Å²) in [5.74, 6) is 0. The largest absolute Gasteiger partial charge is 0.330 e. The molecule has 0 aliphatic heterocycles. The molecule has 0 amide bonds. The van der Waals surface area contributed by atoms with Crippen LogP contribution in [0.25, 0.3) is 0 Å². The van der Waals surface area contributed by atoms with E-state index in [0.717, 1.165) is 24.8 Å². The molecule has 0 saturated heterocycles. The zero-order chi connectivity index (χ0) is 14.3. The lowest BCUT2D eigenvalue weighted by atomic mass is 10.2. The summed E-state index contributed by atoms with van der Waals surface area (Å²) in [5.41, 5.74) is 6.52. The standard InChI is InChI=1S/C14H22N2O2S/c1-3-4-5-12-16(2)19(17,18)14-8-6-13(7-9-14)10-11-15/h3,6-9H,1,4-5,10-12,15H2,2H3. The fraction of sp³-hybridized carbons (Fsp3) is 0.429. The molecule has 0 saturated carbocycles. The third kappa shape index (κ3) is 4.45. The number of allylic oxidation sites excluding steroid dienone is 1. The fourth-order valence-corrected chi connectivity index (χ4v) is 2.96. The van der Waals surface area contributed by atoms with E-state index in [1.54, 1.807) is 25.3 Å². The molecule has 0 heterocycles.